The molecule has 2 atom stereocenters. The lowest BCUT2D eigenvalue weighted by Crippen LogP contribution is -2.44. The first kappa shape index (κ1) is 10.9. The van der Waals surface area contributed by atoms with Crippen molar-refractivity contribution in [3.8, 4) is 0 Å². The van der Waals surface area contributed by atoms with E-state index in [9.17, 15) is 4.79 Å². The highest BCUT2D eigenvalue weighted by Crippen LogP contribution is 2.16. The normalized spacial score (nSPS) is 24.2. The highest BCUT2D eigenvalue weighted by Gasteiger charge is 2.22. The first-order valence-corrected chi connectivity index (χ1v) is 5.52. The molecule has 0 bridgehead atoms. The largest absolute Gasteiger partial charge is 0.480 e. The first-order valence-electron chi connectivity index (χ1n) is 3.90. The number of thiol groups is 1. The molecule has 0 spiro atoms. The van der Waals surface area contributed by atoms with Crippen LogP contribution < -0.4 is 5.32 Å². The lowest BCUT2D eigenvalue weighted by molar-refractivity contribution is -0.139. The maximum atomic E-state index is 10.6. The standard InChI is InChI=1S/C7H12N2O2S2/c1-4-8-6(3-13-4)9-5(2-12)7(10)11/h5-6,9,12H,2-3H2,1H3,(H,10,11). The number of aliphatic carboxylic acids is 1. The molecule has 74 valence electrons. The summed E-state index contributed by atoms with van der Waals surface area (Å²) < 4.78 is 0. The van der Waals surface area contributed by atoms with E-state index in [4.69, 9.17) is 5.11 Å². The Morgan fingerprint density at radius 2 is 2.69 bits per heavy atom. The molecule has 2 N–H and O–H groups in total. The molecule has 1 heterocycles. The zero-order chi connectivity index (χ0) is 9.84. The number of thioether (sulfide) groups is 1. The van der Waals surface area contributed by atoms with Crippen LogP contribution in [0.2, 0.25) is 0 Å². The van der Waals surface area contributed by atoms with Gasteiger partial charge in [0.15, 0.2) is 0 Å². The number of carboxylic acids is 1. The Balaban J connectivity index is 2.43. The summed E-state index contributed by atoms with van der Waals surface area (Å²) in [7, 11) is 0. The van der Waals surface area contributed by atoms with Crippen LogP contribution in [0.15, 0.2) is 4.99 Å². The number of carboxylic acid groups (broad SMARTS) is 1. The molecule has 6 heteroatoms. The Morgan fingerprint density at radius 1 is 2.00 bits per heavy atom. The zero-order valence-corrected chi connectivity index (χ0v) is 8.94. The molecule has 13 heavy (non-hydrogen) atoms. The molecule has 0 radical (unpaired) electrons. The number of hydrogen-bond acceptors (Lipinski definition) is 5. The van der Waals surface area contributed by atoms with Gasteiger partial charge in [-0.1, -0.05) is 0 Å². The van der Waals surface area contributed by atoms with Gasteiger partial charge in [0.25, 0.3) is 0 Å². The zero-order valence-electron chi connectivity index (χ0n) is 7.23. The van der Waals surface area contributed by atoms with Gasteiger partial charge in [0.2, 0.25) is 0 Å². The Hall–Kier alpha value is -0.200. The van der Waals surface area contributed by atoms with Crippen LogP contribution in [0, 0.1) is 0 Å². The van der Waals surface area contributed by atoms with Crippen LogP contribution in [0.25, 0.3) is 0 Å². The number of hydrogen-bond donors (Lipinski definition) is 3. The molecule has 0 amide bonds. The van der Waals surface area contributed by atoms with Crippen LogP contribution in [0.5, 0.6) is 0 Å². The summed E-state index contributed by atoms with van der Waals surface area (Å²) >= 11 is 5.59. The minimum Gasteiger partial charge on any atom is -0.480 e. The average Bonchev–Trinajstić information content (AvgIpc) is 2.46. The van der Waals surface area contributed by atoms with Gasteiger partial charge in [-0.3, -0.25) is 15.1 Å². The van der Waals surface area contributed by atoms with Gasteiger partial charge < -0.3 is 5.11 Å². The van der Waals surface area contributed by atoms with Crippen molar-refractivity contribution in [1.29, 1.82) is 0 Å². The van der Waals surface area contributed by atoms with Crippen LogP contribution in [0.1, 0.15) is 6.92 Å². The predicted octanol–water partition coefficient (Wildman–Crippen LogP) is 0.450. The summed E-state index contributed by atoms with van der Waals surface area (Å²) in [6.07, 6.45) is -0.0711. The number of nitrogens with one attached hydrogen (secondary N) is 1. The van der Waals surface area contributed by atoms with E-state index in [0.717, 1.165) is 10.8 Å². The van der Waals surface area contributed by atoms with Gasteiger partial charge in [0.1, 0.15) is 12.2 Å². The molecule has 1 rings (SSSR count). The summed E-state index contributed by atoms with van der Waals surface area (Å²) in [5.41, 5.74) is 0. The molecular weight excluding hydrogens is 208 g/mol. The molecule has 4 nitrogen and oxygen atoms in total. The fourth-order valence-electron chi connectivity index (χ4n) is 1.01. The molecule has 0 aliphatic carbocycles. The van der Waals surface area contributed by atoms with Gasteiger partial charge in [-0.05, 0) is 6.92 Å². The van der Waals surface area contributed by atoms with Crippen molar-refractivity contribution in [1.82, 2.24) is 5.32 Å². The fraction of sp³-hybridized carbons (Fsp3) is 0.714. The smallest absolute Gasteiger partial charge is 0.321 e. The van der Waals surface area contributed by atoms with E-state index in [1.54, 1.807) is 11.8 Å². The van der Waals surface area contributed by atoms with Gasteiger partial charge in [0.05, 0.1) is 5.04 Å². The molecule has 1 aliphatic heterocycles. The van der Waals surface area contributed by atoms with Gasteiger partial charge in [-0.25, -0.2) is 0 Å². The van der Waals surface area contributed by atoms with Crippen molar-refractivity contribution in [2.24, 2.45) is 4.99 Å². The molecule has 0 aromatic rings. The minimum atomic E-state index is -0.875. The second-order valence-electron chi connectivity index (χ2n) is 2.71. The van der Waals surface area contributed by atoms with Crippen molar-refractivity contribution < 1.29 is 9.90 Å². The molecule has 1 aliphatic rings. The number of rotatable bonds is 4. The maximum absolute atomic E-state index is 10.6. The third-order valence-corrected chi connectivity index (χ3v) is 3.03. The quantitative estimate of drug-likeness (QED) is 0.602. The SMILES string of the molecule is CC1=NC(NC(CS)C(=O)O)CS1. The summed E-state index contributed by atoms with van der Waals surface area (Å²) in [6, 6.07) is -0.608. The van der Waals surface area contributed by atoms with Crippen LogP contribution in [-0.2, 0) is 4.79 Å². The van der Waals surface area contributed by atoms with Crippen LogP contribution >= 0.6 is 24.4 Å². The van der Waals surface area contributed by atoms with Crippen LogP contribution in [-0.4, -0.2) is 39.8 Å². The third-order valence-electron chi connectivity index (χ3n) is 1.66. The summed E-state index contributed by atoms with van der Waals surface area (Å²) in [5, 5.41) is 12.6. The number of carbonyl (C=O) groups is 1. The molecule has 0 saturated carbocycles. The molecule has 0 aromatic heterocycles. The predicted molar refractivity (Wildman–Crippen MR) is 57.8 cm³/mol. The van der Waals surface area contributed by atoms with Crippen LogP contribution in [0.4, 0.5) is 0 Å². The molecular formula is C7H12N2O2S2. The second kappa shape index (κ2) is 4.88. The average molecular weight is 220 g/mol. The van der Waals surface area contributed by atoms with Crippen molar-refractivity contribution in [2.75, 3.05) is 11.5 Å². The minimum absolute atomic E-state index is 0.0711. The number of aliphatic imine (C=N–C) groups is 1. The van der Waals surface area contributed by atoms with Crippen molar-refractivity contribution in [3.05, 3.63) is 0 Å². The monoisotopic (exact) mass is 220 g/mol. The Morgan fingerprint density at radius 3 is 3.08 bits per heavy atom. The fourth-order valence-corrected chi connectivity index (χ4v) is 2.05. The molecule has 2 unspecified atom stereocenters. The van der Waals surface area contributed by atoms with E-state index in [-0.39, 0.29) is 11.9 Å². The molecule has 0 aromatic carbocycles. The molecule has 0 saturated heterocycles. The van der Waals surface area contributed by atoms with E-state index in [1.165, 1.54) is 0 Å². The second-order valence-corrected chi connectivity index (χ2v) is 4.29. The first-order chi connectivity index (χ1) is 6.13. The van der Waals surface area contributed by atoms with E-state index in [1.807, 2.05) is 6.92 Å². The van der Waals surface area contributed by atoms with Crippen molar-refractivity contribution >= 4 is 35.4 Å². The summed E-state index contributed by atoms with van der Waals surface area (Å²) in [6.45, 7) is 1.92. The topological polar surface area (TPSA) is 61.7 Å². The van der Waals surface area contributed by atoms with E-state index >= 15 is 0 Å². The summed E-state index contributed by atoms with van der Waals surface area (Å²) in [4.78, 5) is 14.9. The highest BCUT2D eigenvalue weighted by atomic mass is 32.2. The van der Waals surface area contributed by atoms with Crippen molar-refractivity contribution in [3.63, 3.8) is 0 Å². The van der Waals surface area contributed by atoms with Gasteiger partial charge in [-0.15, -0.1) is 11.8 Å². The summed E-state index contributed by atoms with van der Waals surface area (Å²) in [5.74, 6) is 0.216. The lowest BCUT2D eigenvalue weighted by atomic mass is 10.3. The Labute approximate surface area is 86.6 Å². The van der Waals surface area contributed by atoms with Crippen molar-refractivity contribution in [2.45, 2.75) is 19.1 Å². The van der Waals surface area contributed by atoms with E-state index < -0.39 is 12.0 Å². The van der Waals surface area contributed by atoms with Gasteiger partial charge in [-0.2, -0.15) is 12.6 Å². The third kappa shape index (κ3) is 3.21. The number of nitrogens with zero attached hydrogens (tertiary/aromatic N) is 1. The Kier molecular flexibility index (Phi) is 4.08. The van der Waals surface area contributed by atoms with Crippen LogP contribution in [0.3, 0.4) is 0 Å². The van der Waals surface area contributed by atoms with Gasteiger partial charge >= 0.3 is 5.97 Å². The molecule has 0 fully saturated rings. The lowest BCUT2D eigenvalue weighted by Gasteiger charge is -2.14. The van der Waals surface area contributed by atoms with E-state index in [2.05, 4.69) is 22.9 Å². The maximum Gasteiger partial charge on any atom is 0.321 e. The highest BCUT2D eigenvalue weighted by molar-refractivity contribution is 8.14. The van der Waals surface area contributed by atoms with Gasteiger partial charge in [0, 0.05) is 11.5 Å². The Bertz CT molecular complexity index is 233. The van der Waals surface area contributed by atoms with E-state index in [0.29, 0.717) is 0 Å².